The largest absolute Gasteiger partial charge is 0.516 e. The normalized spacial score (nSPS) is 11.4. The van der Waals surface area contributed by atoms with Crippen LogP contribution in [0.1, 0.15) is 43.0 Å². The summed E-state index contributed by atoms with van der Waals surface area (Å²) in [5.41, 5.74) is -5.79. The molecule has 0 heterocycles. The van der Waals surface area contributed by atoms with Crippen LogP contribution in [0.25, 0.3) is 0 Å². The minimum absolute atomic E-state index is 0.136. The first-order valence-electron chi connectivity index (χ1n) is 14.6. The van der Waals surface area contributed by atoms with Gasteiger partial charge in [0, 0.05) is 0 Å². The summed E-state index contributed by atoms with van der Waals surface area (Å²) in [7, 11) is -6.00. The van der Waals surface area contributed by atoms with Gasteiger partial charge in [0.25, 0.3) is 0 Å². The Kier molecular flexibility index (Phi) is 10.5. The number of carboxylic acids is 1. The van der Waals surface area contributed by atoms with Crippen molar-refractivity contribution in [3.8, 4) is 17.2 Å². The zero-order valence-corrected chi connectivity index (χ0v) is 26.3. The molecular formula is C36H28F3NO8S. The summed E-state index contributed by atoms with van der Waals surface area (Å²) >= 11 is 0. The minimum atomic E-state index is -6.00. The van der Waals surface area contributed by atoms with E-state index in [0.717, 1.165) is 18.2 Å². The van der Waals surface area contributed by atoms with Gasteiger partial charge < -0.3 is 19.3 Å². The molecule has 0 aromatic heterocycles. The molecule has 0 fully saturated rings. The molecule has 5 rings (SSSR count). The summed E-state index contributed by atoms with van der Waals surface area (Å²) < 4.78 is 84.6. The summed E-state index contributed by atoms with van der Waals surface area (Å²) in [4.78, 5) is 26.9. The summed E-state index contributed by atoms with van der Waals surface area (Å²) in [6.45, 7) is -0.409. The number of benzene rings is 5. The van der Waals surface area contributed by atoms with Gasteiger partial charge in [-0.1, -0.05) is 97.1 Å². The molecule has 2 N–H and O–H groups in total. The van der Waals surface area contributed by atoms with E-state index in [0.29, 0.717) is 16.7 Å². The number of carboxylic acid groups (broad SMARTS) is 1. The average Bonchev–Trinajstić information content (AvgIpc) is 3.09. The second-order valence-electron chi connectivity index (χ2n) is 10.5. The first-order valence-corrected chi connectivity index (χ1v) is 16.1. The maximum atomic E-state index is 14.7. The van der Waals surface area contributed by atoms with E-state index in [2.05, 4.69) is 0 Å². The third-order valence-electron chi connectivity index (χ3n) is 7.05. The second-order valence-corrected chi connectivity index (χ2v) is 12.2. The fraction of sp³-hybridized carbons (Fsp3) is 0.111. The van der Waals surface area contributed by atoms with Gasteiger partial charge in [0.05, 0.1) is 16.8 Å². The highest BCUT2D eigenvalue weighted by molar-refractivity contribution is 7.93. The highest BCUT2D eigenvalue weighted by atomic mass is 32.2. The predicted octanol–water partition coefficient (Wildman–Crippen LogP) is 7.61. The van der Waals surface area contributed by atoms with Crippen molar-refractivity contribution in [2.24, 2.45) is 0 Å². The topological polar surface area (TPSA) is 128 Å². The van der Waals surface area contributed by atoms with Gasteiger partial charge in [0.15, 0.2) is 0 Å². The number of carbonyl (C=O) groups excluding carboxylic acids is 1. The van der Waals surface area contributed by atoms with Crippen LogP contribution < -0.4 is 18.9 Å². The summed E-state index contributed by atoms with van der Waals surface area (Å²) in [5.74, 6) is -3.26. The molecule has 5 aromatic rings. The van der Waals surface area contributed by atoms with E-state index >= 15 is 0 Å². The monoisotopic (exact) mass is 691 g/mol. The van der Waals surface area contributed by atoms with Crippen LogP contribution in [-0.4, -0.2) is 30.8 Å². The third kappa shape index (κ3) is 8.56. The first-order chi connectivity index (χ1) is 23.4. The maximum Gasteiger partial charge on any atom is 0.516 e. The Morgan fingerprint density at radius 3 is 1.45 bits per heavy atom. The number of carbonyl (C=O) groups is 2. The van der Waals surface area contributed by atoms with Crippen molar-refractivity contribution in [2.45, 2.75) is 25.3 Å². The van der Waals surface area contributed by atoms with Gasteiger partial charge in [-0.25, -0.2) is 4.79 Å². The number of sulfonamides is 1. The van der Waals surface area contributed by atoms with Crippen molar-refractivity contribution >= 4 is 27.5 Å². The lowest BCUT2D eigenvalue weighted by Gasteiger charge is -2.21. The molecule has 0 radical (unpaired) electrons. The molecule has 5 aromatic carbocycles. The zero-order valence-electron chi connectivity index (χ0n) is 25.5. The average molecular weight is 692 g/mol. The van der Waals surface area contributed by atoms with E-state index in [1.54, 1.807) is 91.0 Å². The van der Waals surface area contributed by atoms with Crippen molar-refractivity contribution in [1.29, 1.82) is 0 Å². The molecule has 0 bridgehead atoms. The SMILES string of the molecule is O=C(O)c1cc(OCc2ccccc2)c(C(=O)c2c(NS(=O)(=O)C(F)(F)F)cccc2OCc2ccccc2)c(OCc2ccccc2)c1. The number of nitrogens with one attached hydrogen (secondary N) is 1. The van der Waals surface area contributed by atoms with Gasteiger partial charge in [-0.05, 0) is 41.0 Å². The van der Waals surface area contributed by atoms with Crippen LogP contribution in [0.15, 0.2) is 121 Å². The minimum Gasteiger partial charge on any atom is -0.488 e. The Hall–Kier alpha value is -5.82. The molecule has 0 aliphatic heterocycles. The number of rotatable bonds is 14. The van der Waals surface area contributed by atoms with Gasteiger partial charge in [0.1, 0.15) is 42.6 Å². The van der Waals surface area contributed by atoms with Crippen LogP contribution in [-0.2, 0) is 29.8 Å². The fourth-order valence-corrected chi connectivity index (χ4v) is 5.24. The maximum absolute atomic E-state index is 14.7. The number of aromatic carboxylic acids is 1. The lowest BCUT2D eigenvalue weighted by molar-refractivity contribution is -0.0429. The van der Waals surface area contributed by atoms with Crippen LogP contribution >= 0.6 is 0 Å². The molecule has 0 saturated heterocycles. The fourth-order valence-electron chi connectivity index (χ4n) is 4.67. The van der Waals surface area contributed by atoms with E-state index < -0.39 is 38.5 Å². The molecule has 0 aliphatic carbocycles. The zero-order chi connectivity index (χ0) is 35.0. The molecule has 13 heteroatoms. The Morgan fingerprint density at radius 1 is 0.612 bits per heavy atom. The number of hydrogen-bond acceptors (Lipinski definition) is 7. The van der Waals surface area contributed by atoms with Crippen molar-refractivity contribution in [3.05, 3.63) is 155 Å². The molecule has 9 nitrogen and oxygen atoms in total. The molecule has 0 spiro atoms. The standard InChI is InChI=1S/C36H28F3NO8S/c37-36(38,39)49(44,45)40-28-17-10-18-29(46-21-24-11-4-1-5-12-24)32(28)34(41)33-30(47-22-25-13-6-2-7-14-25)19-27(35(42)43)20-31(33)48-23-26-15-8-3-9-16-26/h1-20,40H,21-23H2,(H,42,43). The van der Waals surface area contributed by atoms with Gasteiger partial charge in [-0.3, -0.25) is 9.52 Å². The van der Waals surface area contributed by atoms with E-state index in [4.69, 9.17) is 14.2 Å². The number of ether oxygens (including phenoxy) is 3. The molecule has 49 heavy (non-hydrogen) atoms. The quantitative estimate of drug-likeness (QED) is 0.114. The second kappa shape index (κ2) is 14.9. The number of ketones is 1. The summed E-state index contributed by atoms with van der Waals surface area (Å²) in [5, 5.41) is 9.92. The van der Waals surface area contributed by atoms with E-state index in [1.807, 2.05) is 0 Å². The Labute approximate surface area is 279 Å². The lowest BCUT2D eigenvalue weighted by Crippen LogP contribution is -2.30. The van der Waals surface area contributed by atoms with Gasteiger partial charge >= 0.3 is 21.5 Å². The number of anilines is 1. The highest BCUT2D eigenvalue weighted by Gasteiger charge is 2.46. The van der Waals surface area contributed by atoms with Crippen LogP contribution in [0.2, 0.25) is 0 Å². The Bertz CT molecular complexity index is 1980. The van der Waals surface area contributed by atoms with Crippen LogP contribution in [0, 0.1) is 0 Å². The molecule has 0 saturated carbocycles. The molecular weight excluding hydrogens is 663 g/mol. The van der Waals surface area contributed by atoms with Gasteiger partial charge in [-0.2, -0.15) is 21.6 Å². The highest BCUT2D eigenvalue weighted by Crippen LogP contribution is 2.40. The smallest absolute Gasteiger partial charge is 0.488 e. The van der Waals surface area contributed by atoms with Crippen LogP contribution in [0.3, 0.4) is 0 Å². The number of hydrogen-bond donors (Lipinski definition) is 2. The molecule has 0 atom stereocenters. The van der Waals surface area contributed by atoms with E-state index in [-0.39, 0.29) is 48.2 Å². The van der Waals surface area contributed by atoms with Crippen LogP contribution in [0.5, 0.6) is 17.2 Å². The van der Waals surface area contributed by atoms with Crippen molar-refractivity contribution in [1.82, 2.24) is 0 Å². The molecule has 252 valence electrons. The molecule has 0 unspecified atom stereocenters. The Morgan fingerprint density at radius 2 is 1.04 bits per heavy atom. The number of alkyl halides is 3. The van der Waals surface area contributed by atoms with Crippen LogP contribution in [0.4, 0.5) is 18.9 Å². The van der Waals surface area contributed by atoms with Crippen molar-refractivity contribution < 1.29 is 50.5 Å². The first kappa shape index (κ1) is 34.5. The lowest BCUT2D eigenvalue weighted by atomic mass is 9.97. The predicted molar refractivity (Wildman–Crippen MR) is 174 cm³/mol. The van der Waals surface area contributed by atoms with E-state index in [9.17, 15) is 36.3 Å². The van der Waals surface area contributed by atoms with Crippen molar-refractivity contribution in [3.63, 3.8) is 0 Å². The van der Waals surface area contributed by atoms with E-state index in [1.165, 1.54) is 16.9 Å². The van der Waals surface area contributed by atoms with Gasteiger partial charge in [0.2, 0.25) is 5.78 Å². The molecule has 0 amide bonds. The third-order valence-corrected chi connectivity index (χ3v) is 8.15. The Balaban J connectivity index is 1.68. The number of halogens is 3. The van der Waals surface area contributed by atoms with Gasteiger partial charge in [-0.15, -0.1) is 0 Å². The molecule has 0 aliphatic rings. The summed E-state index contributed by atoms with van der Waals surface area (Å²) in [6, 6.07) is 31.7. The van der Waals surface area contributed by atoms with Crippen molar-refractivity contribution in [2.75, 3.05) is 4.72 Å². The summed E-state index contributed by atoms with van der Waals surface area (Å²) in [6.07, 6.45) is 0.